The molecule has 0 saturated heterocycles. The van der Waals surface area contributed by atoms with Crippen molar-refractivity contribution in [3.8, 4) is 27.9 Å². The molecule has 0 aliphatic heterocycles. The summed E-state index contributed by atoms with van der Waals surface area (Å²) in [6, 6.07) is 75.2. The largest absolute Gasteiger partial charge is 0.310 e. The fourth-order valence-corrected chi connectivity index (χ4v) is 9.59. The SMILES string of the molecule is c1ccc(-n2c3ccccc3c3cc(N(c4ccc(-c5ccc6c(c5)sc5ccccc56)cc4)c4ccccc4-c4cccc5ccccc45)ccc32)cc1. The first kappa shape index (κ1) is 31.6. The predicted molar refractivity (Wildman–Crippen MR) is 237 cm³/mol. The van der Waals surface area contributed by atoms with Crippen LogP contribution in [-0.4, -0.2) is 4.57 Å². The van der Waals surface area contributed by atoms with Gasteiger partial charge in [0, 0.05) is 53.6 Å². The summed E-state index contributed by atoms with van der Waals surface area (Å²) in [6.07, 6.45) is 0. The Bertz CT molecular complexity index is 3200. The van der Waals surface area contributed by atoms with Gasteiger partial charge in [-0.15, -0.1) is 11.3 Å². The third-order valence-electron chi connectivity index (χ3n) is 11.0. The Morgan fingerprint density at radius 2 is 1.00 bits per heavy atom. The highest BCUT2D eigenvalue weighted by Crippen LogP contribution is 2.45. The fraction of sp³-hybridized carbons (Fsp3) is 0. The highest BCUT2D eigenvalue weighted by Gasteiger charge is 2.21. The second-order valence-electron chi connectivity index (χ2n) is 14.1. The van der Waals surface area contributed by atoms with E-state index in [9.17, 15) is 0 Å². The summed E-state index contributed by atoms with van der Waals surface area (Å²) in [5.41, 5.74) is 11.7. The van der Waals surface area contributed by atoms with E-state index in [1.165, 1.54) is 75.0 Å². The van der Waals surface area contributed by atoms with Crippen molar-refractivity contribution in [3.05, 3.63) is 206 Å². The molecule has 0 spiro atoms. The zero-order chi connectivity index (χ0) is 36.3. The van der Waals surface area contributed by atoms with Gasteiger partial charge in [-0.1, -0.05) is 140 Å². The highest BCUT2D eigenvalue weighted by molar-refractivity contribution is 7.25. The molecule has 0 radical (unpaired) electrons. The van der Waals surface area contributed by atoms with Crippen LogP contribution in [0.15, 0.2) is 206 Å². The van der Waals surface area contributed by atoms with Gasteiger partial charge in [-0.2, -0.15) is 0 Å². The minimum atomic E-state index is 1.10. The molecule has 2 aromatic heterocycles. The second-order valence-corrected chi connectivity index (χ2v) is 15.2. The third-order valence-corrected chi connectivity index (χ3v) is 12.1. The Morgan fingerprint density at radius 3 is 1.89 bits per heavy atom. The van der Waals surface area contributed by atoms with Crippen LogP contribution in [0.2, 0.25) is 0 Å². The molecular weight excluding hydrogens is 685 g/mol. The number of hydrogen-bond acceptors (Lipinski definition) is 2. The molecule has 2 nitrogen and oxygen atoms in total. The molecule has 0 fully saturated rings. The Hall–Kier alpha value is -6.94. The minimum Gasteiger partial charge on any atom is -0.310 e. The summed E-state index contributed by atoms with van der Waals surface area (Å²) in [6.45, 7) is 0. The van der Waals surface area contributed by atoms with Crippen molar-refractivity contribution in [2.45, 2.75) is 0 Å². The molecule has 0 amide bonds. The molecule has 0 aliphatic carbocycles. The van der Waals surface area contributed by atoms with Gasteiger partial charge in [0.15, 0.2) is 0 Å². The van der Waals surface area contributed by atoms with E-state index >= 15 is 0 Å². The zero-order valence-corrected chi connectivity index (χ0v) is 30.7. The molecule has 11 aromatic rings. The maximum atomic E-state index is 2.43. The summed E-state index contributed by atoms with van der Waals surface area (Å²) in [4.78, 5) is 2.43. The molecular formula is C52H34N2S. The normalized spacial score (nSPS) is 11.6. The second kappa shape index (κ2) is 12.9. The van der Waals surface area contributed by atoms with Gasteiger partial charge < -0.3 is 9.47 Å². The summed E-state index contributed by atoms with van der Waals surface area (Å²) >= 11 is 1.87. The van der Waals surface area contributed by atoms with Gasteiger partial charge in [-0.25, -0.2) is 0 Å². The standard InChI is InChI=1S/C52H34N2S/c1-2-15-38(16-3-1)54-49-23-10-7-19-44(49)47-34-40(30-32-50(47)54)53(48-22-9-6-18-43(48)42-21-12-14-36-13-4-5-17-41(36)42)39-28-25-35(26-29-39)37-27-31-46-45-20-8-11-24-51(45)55-52(46)33-37/h1-34H. The lowest BCUT2D eigenvalue weighted by Gasteiger charge is -2.28. The minimum absolute atomic E-state index is 1.10. The van der Waals surface area contributed by atoms with Crippen molar-refractivity contribution in [3.63, 3.8) is 0 Å². The fourth-order valence-electron chi connectivity index (χ4n) is 8.45. The average molecular weight is 719 g/mol. The molecule has 0 atom stereocenters. The van der Waals surface area contributed by atoms with Gasteiger partial charge in [0.25, 0.3) is 0 Å². The van der Waals surface area contributed by atoms with Gasteiger partial charge in [-0.3, -0.25) is 0 Å². The first-order valence-corrected chi connectivity index (χ1v) is 19.6. The van der Waals surface area contributed by atoms with Crippen molar-refractivity contribution < 1.29 is 0 Å². The molecule has 0 bridgehead atoms. The monoisotopic (exact) mass is 718 g/mol. The quantitative estimate of drug-likeness (QED) is 0.166. The molecule has 9 aromatic carbocycles. The number of anilines is 3. The number of benzene rings is 9. The van der Waals surface area contributed by atoms with Crippen LogP contribution in [0.25, 0.3) is 80.7 Å². The van der Waals surface area contributed by atoms with E-state index in [-0.39, 0.29) is 0 Å². The molecule has 0 unspecified atom stereocenters. The van der Waals surface area contributed by atoms with Crippen LogP contribution in [0.4, 0.5) is 17.1 Å². The zero-order valence-electron chi connectivity index (χ0n) is 29.9. The third kappa shape index (κ3) is 5.24. The first-order valence-electron chi connectivity index (χ1n) is 18.8. The molecule has 0 N–H and O–H groups in total. The number of hydrogen-bond donors (Lipinski definition) is 0. The number of aromatic nitrogens is 1. The van der Waals surface area contributed by atoms with Gasteiger partial charge in [0.2, 0.25) is 0 Å². The molecule has 2 heterocycles. The van der Waals surface area contributed by atoms with Crippen LogP contribution >= 0.6 is 11.3 Å². The molecule has 0 saturated carbocycles. The van der Waals surface area contributed by atoms with Crippen LogP contribution in [0, 0.1) is 0 Å². The topological polar surface area (TPSA) is 8.17 Å². The Kier molecular flexibility index (Phi) is 7.39. The number of rotatable bonds is 6. The van der Waals surface area contributed by atoms with Crippen molar-refractivity contribution in [1.29, 1.82) is 0 Å². The molecule has 3 heteroatoms. The van der Waals surface area contributed by atoms with Crippen LogP contribution in [-0.2, 0) is 0 Å². The lowest BCUT2D eigenvalue weighted by Crippen LogP contribution is -2.11. The predicted octanol–water partition coefficient (Wildman–Crippen LogP) is 15.1. The van der Waals surface area contributed by atoms with Gasteiger partial charge in [0.05, 0.1) is 16.7 Å². The van der Waals surface area contributed by atoms with E-state index in [0.717, 1.165) is 22.7 Å². The van der Waals surface area contributed by atoms with Gasteiger partial charge >= 0.3 is 0 Å². The van der Waals surface area contributed by atoms with Crippen molar-refractivity contribution in [2.75, 3.05) is 4.90 Å². The Morgan fingerprint density at radius 1 is 0.364 bits per heavy atom. The van der Waals surface area contributed by atoms with E-state index in [0.29, 0.717) is 0 Å². The van der Waals surface area contributed by atoms with Crippen molar-refractivity contribution in [1.82, 2.24) is 4.57 Å². The summed E-state index contributed by atoms with van der Waals surface area (Å²) in [7, 11) is 0. The maximum Gasteiger partial charge on any atom is 0.0542 e. The van der Waals surface area contributed by atoms with Crippen LogP contribution in [0.3, 0.4) is 0 Å². The van der Waals surface area contributed by atoms with E-state index in [1.54, 1.807) is 0 Å². The lowest BCUT2D eigenvalue weighted by molar-refractivity contribution is 1.18. The van der Waals surface area contributed by atoms with Crippen LogP contribution in [0.5, 0.6) is 0 Å². The van der Waals surface area contributed by atoms with Crippen molar-refractivity contribution in [2.24, 2.45) is 0 Å². The summed E-state index contributed by atoms with van der Waals surface area (Å²) in [5, 5.41) is 7.58. The van der Waals surface area contributed by atoms with Gasteiger partial charge in [-0.05, 0) is 94.2 Å². The lowest BCUT2D eigenvalue weighted by atomic mass is 9.96. The molecule has 55 heavy (non-hydrogen) atoms. The number of nitrogens with zero attached hydrogens (tertiary/aromatic N) is 2. The number of thiophene rings is 1. The van der Waals surface area contributed by atoms with E-state index in [4.69, 9.17) is 0 Å². The Labute approximate surface area is 323 Å². The van der Waals surface area contributed by atoms with Crippen molar-refractivity contribution >= 4 is 81.1 Å². The highest BCUT2D eigenvalue weighted by atomic mass is 32.1. The molecule has 0 aliphatic rings. The average Bonchev–Trinajstić information content (AvgIpc) is 3.79. The smallest absolute Gasteiger partial charge is 0.0542 e. The van der Waals surface area contributed by atoms with E-state index in [2.05, 4.69) is 216 Å². The first-order chi connectivity index (χ1) is 27.3. The number of fused-ring (bicyclic) bond motifs is 7. The van der Waals surface area contributed by atoms with E-state index in [1.807, 2.05) is 11.3 Å². The number of para-hydroxylation sites is 3. The van der Waals surface area contributed by atoms with Gasteiger partial charge in [0.1, 0.15) is 0 Å². The van der Waals surface area contributed by atoms with E-state index < -0.39 is 0 Å². The van der Waals surface area contributed by atoms with Crippen LogP contribution < -0.4 is 4.90 Å². The Balaban J connectivity index is 1.10. The summed E-state index contributed by atoms with van der Waals surface area (Å²) in [5.74, 6) is 0. The van der Waals surface area contributed by atoms with Crippen LogP contribution in [0.1, 0.15) is 0 Å². The summed E-state index contributed by atoms with van der Waals surface area (Å²) < 4.78 is 5.02. The molecule has 11 rings (SSSR count). The maximum absolute atomic E-state index is 2.43. The molecule has 258 valence electrons.